The molecule has 0 spiro atoms. The molecule has 5 nitrogen and oxygen atoms in total. The molecule has 0 fully saturated rings. The summed E-state index contributed by atoms with van der Waals surface area (Å²) in [6.07, 6.45) is 0.335. The summed E-state index contributed by atoms with van der Waals surface area (Å²) in [6.45, 7) is 4.16. The van der Waals surface area contributed by atoms with Gasteiger partial charge in [-0.2, -0.15) is 0 Å². The Bertz CT molecular complexity index is 747. The lowest BCUT2D eigenvalue weighted by molar-refractivity contribution is -0.147. The second-order valence-electron chi connectivity index (χ2n) is 5.98. The van der Waals surface area contributed by atoms with Crippen LogP contribution >= 0.6 is 0 Å². The molecule has 0 bridgehead atoms. The van der Waals surface area contributed by atoms with E-state index in [9.17, 15) is 17.6 Å². The van der Waals surface area contributed by atoms with Gasteiger partial charge >= 0.3 is 5.97 Å². The summed E-state index contributed by atoms with van der Waals surface area (Å²) in [6, 6.07) is 6.07. The first-order chi connectivity index (χ1) is 10.6. The minimum absolute atomic E-state index is 0.0349. The molecule has 1 aliphatic heterocycles. The van der Waals surface area contributed by atoms with Crippen molar-refractivity contribution in [1.29, 1.82) is 0 Å². The third kappa shape index (κ3) is 3.55. The van der Waals surface area contributed by atoms with Crippen molar-refractivity contribution >= 4 is 21.4 Å². The largest absolute Gasteiger partial charge is 0.480 e. The highest BCUT2D eigenvalue weighted by Crippen LogP contribution is 2.40. The average molecular weight is 342 g/mol. The Morgan fingerprint density at radius 2 is 1.83 bits per heavy atom. The fourth-order valence-electron chi connectivity index (χ4n) is 2.39. The van der Waals surface area contributed by atoms with Crippen molar-refractivity contribution in [3.63, 3.8) is 0 Å². The van der Waals surface area contributed by atoms with Crippen LogP contribution in [0.4, 0.5) is 4.39 Å². The van der Waals surface area contributed by atoms with Crippen LogP contribution in [-0.4, -0.2) is 39.0 Å². The first-order valence-electron chi connectivity index (χ1n) is 7.07. The molecule has 1 atom stereocenters. The van der Waals surface area contributed by atoms with Gasteiger partial charge in [0, 0.05) is 6.26 Å². The molecule has 0 aliphatic carbocycles. The standard InChI is InChI=1S/C16H19FO5S/c1-10(9-17)21-14-13(16(2,3)22-15(14)18)11-5-7-12(8-6-11)23(4,19)20/h5-8,10H,9H2,1-4H3. The highest BCUT2D eigenvalue weighted by Gasteiger charge is 2.43. The molecule has 0 N–H and O–H groups in total. The van der Waals surface area contributed by atoms with E-state index in [-0.39, 0.29) is 10.7 Å². The Morgan fingerprint density at radius 3 is 2.30 bits per heavy atom. The fraction of sp³-hybridized carbons (Fsp3) is 0.438. The van der Waals surface area contributed by atoms with Gasteiger partial charge in [0.05, 0.1) is 10.5 Å². The molecule has 1 unspecified atom stereocenters. The number of sulfone groups is 1. The summed E-state index contributed by atoms with van der Waals surface area (Å²) in [5.41, 5.74) is 0.117. The van der Waals surface area contributed by atoms with Crippen LogP contribution in [0.15, 0.2) is 34.9 Å². The fourth-order valence-corrected chi connectivity index (χ4v) is 3.02. The molecule has 2 rings (SSSR count). The number of halogens is 1. The van der Waals surface area contributed by atoms with Crippen LogP contribution in [0.5, 0.6) is 0 Å². The van der Waals surface area contributed by atoms with Crippen LogP contribution in [0.1, 0.15) is 26.3 Å². The summed E-state index contributed by atoms with van der Waals surface area (Å²) in [7, 11) is -3.31. The van der Waals surface area contributed by atoms with Crippen LogP contribution in [0.2, 0.25) is 0 Å². The summed E-state index contributed by atoms with van der Waals surface area (Å²) >= 11 is 0. The molecular weight excluding hydrogens is 323 g/mol. The number of alkyl halides is 1. The Labute approximate surface area is 135 Å². The normalized spacial score (nSPS) is 18.7. The topological polar surface area (TPSA) is 69.7 Å². The van der Waals surface area contributed by atoms with Gasteiger partial charge in [0.25, 0.3) is 0 Å². The molecule has 0 radical (unpaired) electrons. The maximum absolute atomic E-state index is 12.7. The second kappa shape index (κ2) is 5.96. The molecule has 0 saturated carbocycles. The van der Waals surface area contributed by atoms with E-state index < -0.39 is 34.2 Å². The Balaban J connectivity index is 2.52. The minimum atomic E-state index is -3.31. The molecular formula is C16H19FO5S. The van der Waals surface area contributed by atoms with Crippen molar-refractivity contribution in [3.8, 4) is 0 Å². The SMILES string of the molecule is CC(CF)OC1=C(c2ccc(S(C)(=O)=O)cc2)C(C)(C)OC1=O. The van der Waals surface area contributed by atoms with E-state index in [0.29, 0.717) is 11.1 Å². The maximum Gasteiger partial charge on any atom is 0.374 e. The van der Waals surface area contributed by atoms with Crippen molar-refractivity contribution in [2.45, 2.75) is 37.4 Å². The van der Waals surface area contributed by atoms with E-state index in [4.69, 9.17) is 9.47 Å². The van der Waals surface area contributed by atoms with Crippen molar-refractivity contribution in [3.05, 3.63) is 35.6 Å². The number of carbonyl (C=O) groups is 1. The van der Waals surface area contributed by atoms with Gasteiger partial charge in [0.2, 0.25) is 5.76 Å². The zero-order chi connectivity index (χ0) is 17.4. The van der Waals surface area contributed by atoms with Gasteiger partial charge < -0.3 is 9.47 Å². The molecule has 0 amide bonds. The molecule has 0 aromatic heterocycles. The molecule has 23 heavy (non-hydrogen) atoms. The van der Waals surface area contributed by atoms with Crippen molar-refractivity contribution < 1.29 is 27.1 Å². The predicted molar refractivity (Wildman–Crippen MR) is 83.2 cm³/mol. The second-order valence-corrected chi connectivity index (χ2v) is 8.00. The average Bonchev–Trinajstić information content (AvgIpc) is 2.67. The first kappa shape index (κ1) is 17.5. The van der Waals surface area contributed by atoms with Crippen molar-refractivity contribution in [2.24, 2.45) is 0 Å². The molecule has 1 aromatic rings. The monoisotopic (exact) mass is 342 g/mol. The quantitative estimate of drug-likeness (QED) is 0.769. The number of hydrogen-bond donors (Lipinski definition) is 0. The Morgan fingerprint density at radius 1 is 1.26 bits per heavy atom. The number of hydrogen-bond acceptors (Lipinski definition) is 5. The van der Waals surface area contributed by atoms with E-state index in [1.807, 2.05) is 0 Å². The summed E-state index contributed by atoms with van der Waals surface area (Å²) in [5.74, 6) is -0.690. The smallest absolute Gasteiger partial charge is 0.374 e. The van der Waals surface area contributed by atoms with E-state index in [1.165, 1.54) is 19.1 Å². The number of carbonyl (C=O) groups excluding carboxylic acids is 1. The van der Waals surface area contributed by atoms with Gasteiger partial charge in [0.1, 0.15) is 18.4 Å². The van der Waals surface area contributed by atoms with E-state index >= 15 is 0 Å². The summed E-state index contributed by atoms with van der Waals surface area (Å²) in [5, 5.41) is 0. The Hall–Kier alpha value is -1.89. The highest BCUT2D eigenvalue weighted by molar-refractivity contribution is 7.90. The molecule has 1 heterocycles. The van der Waals surface area contributed by atoms with Gasteiger partial charge in [-0.05, 0) is 38.5 Å². The maximum atomic E-state index is 12.7. The lowest BCUT2D eigenvalue weighted by Crippen LogP contribution is -2.22. The number of cyclic esters (lactones) is 1. The highest BCUT2D eigenvalue weighted by atomic mass is 32.2. The number of ether oxygens (including phenoxy) is 2. The van der Waals surface area contributed by atoms with Gasteiger partial charge in [0.15, 0.2) is 9.84 Å². The molecule has 7 heteroatoms. The Kier molecular flexibility index (Phi) is 4.52. The lowest BCUT2D eigenvalue weighted by atomic mass is 9.92. The third-order valence-electron chi connectivity index (χ3n) is 3.47. The van der Waals surface area contributed by atoms with Crippen molar-refractivity contribution in [1.82, 2.24) is 0 Å². The molecule has 126 valence electrons. The van der Waals surface area contributed by atoms with Crippen LogP contribution in [0, 0.1) is 0 Å². The minimum Gasteiger partial charge on any atom is -0.480 e. The number of esters is 1. The van der Waals surface area contributed by atoms with E-state index in [2.05, 4.69) is 0 Å². The first-order valence-corrected chi connectivity index (χ1v) is 8.96. The van der Waals surface area contributed by atoms with E-state index in [1.54, 1.807) is 26.0 Å². The van der Waals surface area contributed by atoms with Gasteiger partial charge in [-0.25, -0.2) is 17.6 Å². The lowest BCUT2D eigenvalue weighted by Gasteiger charge is -2.21. The summed E-state index contributed by atoms with van der Waals surface area (Å²) < 4.78 is 46.5. The molecule has 1 aromatic carbocycles. The summed E-state index contributed by atoms with van der Waals surface area (Å²) in [4.78, 5) is 12.2. The molecule has 1 aliphatic rings. The van der Waals surface area contributed by atoms with Crippen LogP contribution in [0.25, 0.3) is 5.57 Å². The van der Waals surface area contributed by atoms with Crippen LogP contribution < -0.4 is 0 Å². The number of benzene rings is 1. The third-order valence-corrected chi connectivity index (χ3v) is 4.60. The van der Waals surface area contributed by atoms with E-state index in [0.717, 1.165) is 6.26 Å². The van der Waals surface area contributed by atoms with Gasteiger partial charge in [-0.15, -0.1) is 0 Å². The number of rotatable bonds is 5. The predicted octanol–water partition coefficient (Wildman–Crippen LogP) is 2.51. The zero-order valence-electron chi connectivity index (χ0n) is 13.4. The molecule has 0 saturated heterocycles. The van der Waals surface area contributed by atoms with Gasteiger partial charge in [-0.1, -0.05) is 12.1 Å². The van der Waals surface area contributed by atoms with Crippen molar-refractivity contribution in [2.75, 3.05) is 12.9 Å². The van der Waals surface area contributed by atoms with Gasteiger partial charge in [-0.3, -0.25) is 0 Å². The van der Waals surface area contributed by atoms with Crippen LogP contribution in [-0.2, 0) is 24.1 Å². The zero-order valence-corrected chi connectivity index (χ0v) is 14.2. The van der Waals surface area contributed by atoms with Crippen LogP contribution in [0.3, 0.4) is 0 Å².